The van der Waals surface area contributed by atoms with Crippen LogP contribution >= 0.6 is 11.8 Å². The van der Waals surface area contributed by atoms with Crippen molar-refractivity contribution in [3.8, 4) is 0 Å². The van der Waals surface area contributed by atoms with E-state index in [2.05, 4.69) is 48.7 Å². The molecule has 0 spiro atoms. The van der Waals surface area contributed by atoms with Gasteiger partial charge in [-0.05, 0) is 57.3 Å². The quantitative estimate of drug-likeness (QED) is 0.848. The first-order valence-electron chi connectivity index (χ1n) is 7.81. The van der Waals surface area contributed by atoms with Crippen molar-refractivity contribution < 1.29 is 4.79 Å². The Balaban J connectivity index is 1.70. The van der Waals surface area contributed by atoms with Crippen molar-refractivity contribution in [1.82, 2.24) is 10.6 Å². The number of hydrogen-bond donors (Lipinski definition) is 2. The fourth-order valence-electron chi connectivity index (χ4n) is 2.69. The summed E-state index contributed by atoms with van der Waals surface area (Å²) in [5.41, 5.74) is 2.61. The molecule has 21 heavy (non-hydrogen) atoms. The number of amides is 1. The normalized spacial score (nSPS) is 17.4. The first-order chi connectivity index (χ1) is 10.1. The zero-order chi connectivity index (χ0) is 15.1. The van der Waals surface area contributed by atoms with Gasteiger partial charge >= 0.3 is 0 Å². The fourth-order valence-corrected chi connectivity index (χ4v) is 3.73. The van der Waals surface area contributed by atoms with Gasteiger partial charge in [-0.3, -0.25) is 4.79 Å². The number of hydrogen-bond acceptors (Lipinski definition) is 3. The second-order valence-corrected chi connectivity index (χ2v) is 7.15. The zero-order valence-electron chi connectivity index (χ0n) is 13.0. The number of carbonyl (C=O) groups is 1. The van der Waals surface area contributed by atoms with Crippen LogP contribution in [0.4, 0.5) is 0 Å². The first-order valence-corrected chi connectivity index (χ1v) is 8.86. The van der Waals surface area contributed by atoms with Gasteiger partial charge in [0, 0.05) is 11.3 Å². The van der Waals surface area contributed by atoms with E-state index in [0.717, 1.165) is 19.5 Å². The third kappa shape index (κ3) is 5.71. The molecular weight excluding hydrogens is 280 g/mol. The van der Waals surface area contributed by atoms with Crippen LogP contribution in [0, 0.1) is 6.92 Å². The van der Waals surface area contributed by atoms with Crippen molar-refractivity contribution in [3.63, 3.8) is 0 Å². The summed E-state index contributed by atoms with van der Waals surface area (Å²) in [5, 5.41) is 7.12. The van der Waals surface area contributed by atoms with Gasteiger partial charge in [0.25, 0.3) is 0 Å². The SMILES string of the molecule is Cc1ccccc1CC(C)NC(=O)CSC1CCNCC1. The Morgan fingerprint density at radius 2 is 2.10 bits per heavy atom. The lowest BCUT2D eigenvalue weighted by Gasteiger charge is -2.22. The van der Waals surface area contributed by atoms with Gasteiger partial charge in [0.1, 0.15) is 0 Å². The highest BCUT2D eigenvalue weighted by molar-refractivity contribution is 8.00. The summed E-state index contributed by atoms with van der Waals surface area (Å²) in [6, 6.07) is 8.56. The maximum absolute atomic E-state index is 12.0. The molecule has 1 atom stereocenters. The summed E-state index contributed by atoms with van der Waals surface area (Å²) in [6.45, 7) is 6.38. The van der Waals surface area contributed by atoms with Gasteiger partial charge in [-0.1, -0.05) is 24.3 Å². The van der Waals surface area contributed by atoms with E-state index >= 15 is 0 Å². The predicted octanol–water partition coefficient (Wildman–Crippen LogP) is 2.53. The number of nitrogens with one attached hydrogen (secondary N) is 2. The average Bonchev–Trinajstić information content (AvgIpc) is 2.48. The predicted molar refractivity (Wildman–Crippen MR) is 90.8 cm³/mol. The lowest BCUT2D eigenvalue weighted by molar-refractivity contribution is -0.119. The molecule has 0 bridgehead atoms. The molecule has 4 heteroatoms. The van der Waals surface area contributed by atoms with Crippen LogP contribution < -0.4 is 10.6 Å². The molecule has 1 aliphatic rings. The van der Waals surface area contributed by atoms with Crippen molar-refractivity contribution in [2.45, 2.75) is 44.4 Å². The highest BCUT2D eigenvalue weighted by Gasteiger charge is 2.16. The van der Waals surface area contributed by atoms with E-state index in [1.807, 2.05) is 0 Å². The highest BCUT2D eigenvalue weighted by Crippen LogP contribution is 2.19. The summed E-state index contributed by atoms with van der Waals surface area (Å²) in [7, 11) is 0. The van der Waals surface area contributed by atoms with E-state index in [4.69, 9.17) is 0 Å². The second kappa shape index (κ2) is 8.44. The number of carbonyl (C=O) groups excluding carboxylic acids is 1. The third-order valence-corrected chi connectivity index (χ3v) is 5.30. The molecular formula is C17H26N2OS. The Kier molecular flexibility index (Phi) is 6.58. The topological polar surface area (TPSA) is 41.1 Å². The van der Waals surface area contributed by atoms with Gasteiger partial charge in [0.05, 0.1) is 5.75 Å². The molecule has 1 unspecified atom stereocenters. The minimum absolute atomic E-state index is 0.166. The van der Waals surface area contributed by atoms with Gasteiger partial charge in [0.15, 0.2) is 0 Å². The largest absolute Gasteiger partial charge is 0.353 e. The van der Waals surface area contributed by atoms with Crippen LogP contribution in [0.15, 0.2) is 24.3 Å². The molecule has 2 N–H and O–H groups in total. The lowest BCUT2D eigenvalue weighted by atomic mass is 10.0. The molecule has 1 amide bonds. The van der Waals surface area contributed by atoms with E-state index in [-0.39, 0.29) is 11.9 Å². The van der Waals surface area contributed by atoms with Crippen LogP contribution in [0.25, 0.3) is 0 Å². The van der Waals surface area contributed by atoms with E-state index < -0.39 is 0 Å². The maximum atomic E-state index is 12.0. The Bertz CT molecular complexity index is 458. The first kappa shape index (κ1) is 16.4. The summed E-state index contributed by atoms with van der Waals surface area (Å²) < 4.78 is 0. The van der Waals surface area contributed by atoms with Gasteiger partial charge in [-0.25, -0.2) is 0 Å². The van der Waals surface area contributed by atoms with E-state index in [0.29, 0.717) is 11.0 Å². The smallest absolute Gasteiger partial charge is 0.230 e. The second-order valence-electron chi connectivity index (χ2n) is 5.86. The van der Waals surface area contributed by atoms with Gasteiger partial charge in [-0.15, -0.1) is 11.8 Å². The number of piperidine rings is 1. The average molecular weight is 306 g/mol. The fraction of sp³-hybridized carbons (Fsp3) is 0.588. The van der Waals surface area contributed by atoms with Gasteiger partial charge in [0.2, 0.25) is 5.91 Å². The van der Waals surface area contributed by atoms with Crippen LogP contribution in [-0.4, -0.2) is 36.0 Å². The molecule has 1 heterocycles. The summed E-state index contributed by atoms with van der Waals surface area (Å²) >= 11 is 1.80. The van der Waals surface area contributed by atoms with Crippen LogP contribution in [0.1, 0.15) is 30.9 Å². The molecule has 1 aromatic rings. The lowest BCUT2D eigenvalue weighted by Crippen LogP contribution is -2.36. The monoisotopic (exact) mass is 306 g/mol. The number of rotatable bonds is 6. The van der Waals surface area contributed by atoms with E-state index in [9.17, 15) is 4.79 Å². The minimum Gasteiger partial charge on any atom is -0.353 e. The van der Waals surface area contributed by atoms with Crippen molar-refractivity contribution in [3.05, 3.63) is 35.4 Å². The number of thioether (sulfide) groups is 1. The molecule has 1 saturated heterocycles. The zero-order valence-corrected chi connectivity index (χ0v) is 13.8. The summed E-state index contributed by atoms with van der Waals surface area (Å²) in [4.78, 5) is 12.0. The maximum Gasteiger partial charge on any atom is 0.230 e. The van der Waals surface area contributed by atoms with Crippen LogP contribution in [0.5, 0.6) is 0 Å². The van der Waals surface area contributed by atoms with Crippen molar-refractivity contribution in [2.75, 3.05) is 18.8 Å². The Hall–Kier alpha value is -1.000. The van der Waals surface area contributed by atoms with Crippen LogP contribution in [0.3, 0.4) is 0 Å². The van der Waals surface area contributed by atoms with Crippen LogP contribution in [-0.2, 0) is 11.2 Å². The van der Waals surface area contributed by atoms with Gasteiger partial charge in [-0.2, -0.15) is 0 Å². The molecule has 0 aromatic heterocycles. The third-order valence-electron chi connectivity index (χ3n) is 3.93. The van der Waals surface area contributed by atoms with E-state index in [1.54, 1.807) is 11.8 Å². The molecule has 3 nitrogen and oxygen atoms in total. The Labute approximate surface area is 132 Å². The van der Waals surface area contributed by atoms with Crippen molar-refractivity contribution in [2.24, 2.45) is 0 Å². The Morgan fingerprint density at radius 3 is 2.81 bits per heavy atom. The molecule has 1 fully saturated rings. The number of benzene rings is 1. The van der Waals surface area contributed by atoms with Crippen molar-refractivity contribution >= 4 is 17.7 Å². The molecule has 1 aliphatic heterocycles. The van der Waals surface area contributed by atoms with E-state index in [1.165, 1.54) is 24.0 Å². The van der Waals surface area contributed by atoms with Crippen LogP contribution in [0.2, 0.25) is 0 Å². The number of aryl methyl sites for hydroxylation is 1. The summed E-state index contributed by atoms with van der Waals surface area (Å²) in [6.07, 6.45) is 3.25. The molecule has 116 valence electrons. The van der Waals surface area contributed by atoms with Crippen molar-refractivity contribution in [1.29, 1.82) is 0 Å². The standard InChI is InChI=1S/C17H26N2OS/c1-13-5-3-4-6-15(13)11-14(2)19-17(20)12-21-16-7-9-18-10-8-16/h3-6,14,16,18H,7-12H2,1-2H3,(H,19,20). The Morgan fingerprint density at radius 1 is 1.38 bits per heavy atom. The molecule has 0 radical (unpaired) electrons. The molecule has 2 rings (SSSR count). The highest BCUT2D eigenvalue weighted by atomic mass is 32.2. The molecule has 0 saturated carbocycles. The summed E-state index contributed by atoms with van der Waals surface area (Å²) in [5.74, 6) is 0.752. The minimum atomic E-state index is 0.166. The molecule has 1 aromatic carbocycles. The molecule has 0 aliphatic carbocycles. The van der Waals surface area contributed by atoms with Gasteiger partial charge < -0.3 is 10.6 Å².